The van der Waals surface area contributed by atoms with Gasteiger partial charge in [0.05, 0.1) is 6.04 Å². The molecule has 0 fully saturated rings. The third-order valence-electron chi connectivity index (χ3n) is 2.92. The van der Waals surface area contributed by atoms with Crippen molar-refractivity contribution in [3.63, 3.8) is 0 Å². The molecule has 2 unspecified atom stereocenters. The molecule has 2 nitrogen and oxygen atoms in total. The van der Waals surface area contributed by atoms with Crippen molar-refractivity contribution in [2.45, 2.75) is 32.2 Å². The summed E-state index contributed by atoms with van der Waals surface area (Å²) in [6, 6.07) is 8.08. The molecule has 0 aliphatic carbocycles. The molecule has 0 amide bonds. The van der Waals surface area contributed by atoms with Crippen molar-refractivity contribution in [2.75, 3.05) is 7.05 Å². The van der Waals surface area contributed by atoms with Crippen molar-refractivity contribution in [1.29, 1.82) is 0 Å². The lowest BCUT2D eigenvalue weighted by Gasteiger charge is -2.12. The first-order chi connectivity index (χ1) is 7.22. The lowest BCUT2D eigenvalue weighted by molar-refractivity contribution is -0.109. The Bertz CT molecular complexity index is 305. The molecule has 0 aliphatic heterocycles. The third-order valence-corrected chi connectivity index (χ3v) is 2.92. The number of aldehydes is 1. The number of carbonyl (C=O) groups excluding carboxylic acids is 1. The van der Waals surface area contributed by atoms with Gasteiger partial charge in [0.15, 0.2) is 0 Å². The fraction of sp³-hybridized carbons (Fsp3) is 0.462. The summed E-state index contributed by atoms with van der Waals surface area (Å²) in [4.78, 5) is 10.7. The van der Waals surface area contributed by atoms with Crippen LogP contribution >= 0.6 is 0 Å². The Morgan fingerprint density at radius 3 is 2.20 bits per heavy atom. The van der Waals surface area contributed by atoms with Crippen molar-refractivity contribution < 1.29 is 4.79 Å². The Morgan fingerprint density at radius 1 is 1.27 bits per heavy atom. The van der Waals surface area contributed by atoms with E-state index in [4.69, 9.17) is 0 Å². The largest absolute Gasteiger partial charge is 0.307 e. The van der Waals surface area contributed by atoms with Crippen LogP contribution in [0, 0.1) is 0 Å². The van der Waals surface area contributed by atoms with Crippen LogP contribution in [0.4, 0.5) is 0 Å². The molecule has 0 aromatic heterocycles. The zero-order valence-electron chi connectivity index (χ0n) is 9.66. The average Bonchev–Trinajstić information content (AvgIpc) is 2.30. The summed E-state index contributed by atoms with van der Waals surface area (Å²) >= 11 is 0. The Kier molecular flexibility index (Phi) is 4.50. The second-order valence-electron chi connectivity index (χ2n) is 3.88. The lowest BCUT2D eigenvalue weighted by Crippen LogP contribution is -2.17. The first kappa shape index (κ1) is 11.9. The van der Waals surface area contributed by atoms with E-state index in [9.17, 15) is 4.79 Å². The summed E-state index contributed by atoms with van der Waals surface area (Å²) in [7, 11) is 1.79. The Hall–Kier alpha value is -1.15. The highest BCUT2D eigenvalue weighted by molar-refractivity contribution is 5.61. The predicted octanol–water partition coefficient (Wildman–Crippen LogP) is 2.66. The molecular formula is C13H19NO. The maximum absolute atomic E-state index is 10.7. The minimum absolute atomic E-state index is 0.184. The molecule has 0 bridgehead atoms. The van der Waals surface area contributed by atoms with Gasteiger partial charge in [-0.1, -0.05) is 38.1 Å². The second kappa shape index (κ2) is 5.66. The molecule has 0 spiro atoms. The van der Waals surface area contributed by atoms with E-state index >= 15 is 0 Å². The van der Waals surface area contributed by atoms with Gasteiger partial charge in [-0.15, -0.1) is 0 Å². The van der Waals surface area contributed by atoms with Crippen LogP contribution in [0.1, 0.15) is 43.4 Å². The molecule has 0 heterocycles. The van der Waals surface area contributed by atoms with Gasteiger partial charge in [-0.3, -0.25) is 0 Å². The van der Waals surface area contributed by atoms with E-state index in [0.717, 1.165) is 18.3 Å². The quantitative estimate of drug-likeness (QED) is 0.749. The minimum Gasteiger partial charge on any atom is -0.307 e. The minimum atomic E-state index is -0.184. The van der Waals surface area contributed by atoms with Gasteiger partial charge in [-0.05, 0) is 30.5 Å². The molecule has 0 saturated heterocycles. The molecule has 1 aromatic carbocycles. The van der Waals surface area contributed by atoms with Crippen molar-refractivity contribution in [2.24, 2.45) is 0 Å². The fourth-order valence-corrected chi connectivity index (χ4v) is 1.58. The smallest absolute Gasteiger partial charge is 0.141 e. The van der Waals surface area contributed by atoms with Crippen molar-refractivity contribution >= 4 is 6.29 Å². The zero-order valence-corrected chi connectivity index (χ0v) is 9.66. The summed E-state index contributed by atoms with van der Waals surface area (Å²) in [6.45, 7) is 4.39. The first-order valence-electron chi connectivity index (χ1n) is 5.45. The number of rotatable bonds is 5. The molecule has 1 rings (SSSR count). The molecule has 0 radical (unpaired) electrons. The topological polar surface area (TPSA) is 29.1 Å². The Balaban J connectivity index is 2.84. The number of benzene rings is 1. The lowest BCUT2D eigenvalue weighted by atomic mass is 9.96. The molecule has 1 N–H and O–H groups in total. The maximum atomic E-state index is 10.7. The molecule has 15 heavy (non-hydrogen) atoms. The molecule has 0 saturated carbocycles. The van der Waals surface area contributed by atoms with Crippen LogP contribution in [0.5, 0.6) is 0 Å². The molecule has 2 heteroatoms. The van der Waals surface area contributed by atoms with Crippen LogP contribution in [0.15, 0.2) is 24.3 Å². The van der Waals surface area contributed by atoms with Gasteiger partial charge in [0, 0.05) is 0 Å². The summed E-state index contributed by atoms with van der Waals surface area (Å²) in [5.41, 5.74) is 2.36. The molecule has 1 aromatic rings. The van der Waals surface area contributed by atoms with Crippen LogP contribution in [-0.2, 0) is 4.79 Å². The van der Waals surface area contributed by atoms with Crippen LogP contribution in [0.3, 0.4) is 0 Å². The summed E-state index contributed by atoms with van der Waals surface area (Å²) in [5, 5.41) is 2.96. The van der Waals surface area contributed by atoms with Crippen LogP contribution in [0.2, 0.25) is 0 Å². The molecule has 82 valence electrons. The Labute approximate surface area is 91.7 Å². The fourth-order valence-electron chi connectivity index (χ4n) is 1.58. The second-order valence-corrected chi connectivity index (χ2v) is 3.88. The van der Waals surface area contributed by atoms with Crippen LogP contribution in [-0.4, -0.2) is 13.3 Å². The van der Waals surface area contributed by atoms with E-state index in [0.29, 0.717) is 5.92 Å². The van der Waals surface area contributed by atoms with E-state index in [2.05, 4.69) is 31.3 Å². The number of carbonyl (C=O) groups is 1. The van der Waals surface area contributed by atoms with Gasteiger partial charge in [-0.25, -0.2) is 0 Å². The van der Waals surface area contributed by atoms with E-state index in [1.165, 1.54) is 5.56 Å². The van der Waals surface area contributed by atoms with E-state index < -0.39 is 0 Å². The van der Waals surface area contributed by atoms with E-state index in [1.54, 1.807) is 7.05 Å². The predicted molar refractivity (Wildman–Crippen MR) is 63.0 cm³/mol. The Morgan fingerprint density at radius 2 is 1.80 bits per heavy atom. The number of hydrogen-bond donors (Lipinski definition) is 1. The zero-order chi connectivity index (χ0) is 11.3. The average molecular weight is 205 g/mol. The van der Waals surface area contributed by atoms with Crippen molar-refractivity contribution in [3.8, 4) is 0 Å². The monoisotopic (exact) mass is 205 g/mol. The summed E-state index contributed by atoms with van der Waals surface area (Å²) in [5.74, 6) is 0.586. The third kappa shape index (κ3) is 2.90. The highest BCUT2D eigenvalue weighted by atomic mass is 16.1. The van der Waals surface area contributed by atoms with Gasteiger partial charge >= 0.3 is 0 Å². The van der Waals surface area contributed by atoms with Crippen molar-refractivity contribution in [3.05, 3.63) is 35.4 Å². The maximum Gasteiger partial charge on any atom is 0.141 e. The normalized spacial score (nSPS) is 14.6. The van der Waals surface area contributed by atoms with Crippen LogP contribution in [0.25, 0.3) is 0 Å². The van der Waals surface area contributed by atoms with Gasteiger partial charge in [-0.2, -0.15) is 0 Å². The summed E-state index contributed by atoms with van der Waals surface area (Å²) in [6.07, 6.45) is 2.07. The highest BCUT2D eigenvalue weighted by Crippen LogP contribution is 2.20. The summed E-state index contributed by atoms with van der Waals surface area (Å²) < 4.78 is 0. The molecule has 0 aliphatic rings. The van der Waals surface area contributed by atoms with Crippen molar-refractivity contribution in [1.82, 2.24) is 5.32 Å². The standard InChI is InChI=1S/C13H19NO/c1-4-10(2)11-5-7-12(8-6-11)13(9-15)14-3/h5-10,13-14H,4H2,1-3H3. The van der Waals surface area contributed by atoms with Gasteiger partial charge < -0.3 is 10.1 Å². The SMILES string of the molecule is CCC(C)c1ccc(C(C=O)NC)cc1. The van der Waals surface area contributed by atoms with Gasteiger partial charge in [0.2, 0.25) is 0 Å². The van der Waals surface area contributed by atoms with Gasteiger partial charge in [0.1, 0.15) is 6.29 Å². The first-order valence-corrected chi connectivity index (χ1v) is 5.45. The highest BCUT2D eigenvalue weighted by Gasteiger charge is 2.08. The number of likely N-dealkylation sites (N-methyl/N-ethyl adjacent to an activating group) is 1. The molecular weight excluding hydrogens is 186 g/mol. The van der Waals surface area contributed by atoms with Gasteiger partial charge in [0.25, 0.3) is 0 Å². The molecule has 2 atom stereocenters. The van der Waals surface area contributed by atoms with E-state index in [1.807, 2.05) is 12.1 Å². The number of nitrogens with one attached hydrogen (secondary N) is 1. The van der Waals surface area contributed by atoms with E-state index in [-0.39, 0.29) is 6.04 Å². The number of hydrogen-bond acceptors (Lipinski definition) is 2. The van der Waals surface area contributed by atoms with Crippen LogP contribution < -0.4 is 5.32 Å².